The van der Waals surface area contributed by atoms with E-state index in [0.717, 1.165) is 31.7 Å². The van der Waals surface area contributed by atoms with E-state index in [1.807, 2.05) is 38.1 Å². The van der Waals surface area contributed by atoms with Crippen LogP contribution in [0.2, 0.25) is 10.0 Å². The topological polar surface area (TPSA) is 160 Å². The molecular formula is C53H51Cl2FN6O9S. The number of nitrogens with zero attached hydrogens (tertiary/aromatic N) is 6. The first kappa shape index (κ1) is 49.4. The van der Waals surface area contributed by atoms with Crippen molar-refractivity contribution < 1.29 is 47.4 Å². The Hall–Kier alpha value is -6.18. The zero-order valence-corrected chi connectivity index (χ0v) is 42.1. The third-order valence-electron chi connectivity index (χ3n) is 12.9. The number of rotatable bonds is 11. The zero-order valence-electron chi connectivity index (χ0n) is 39.7. The molecule has 3 atom stereocenters. The van der Waals surface area contributed by atoms with Crippen molar-refractivity contribution in [3.05, 3.63) is 124 Å². The molecule has 374 valence electrons. The molecule has 0 radical (unpaired) electrons. The Morgan fingerprint density at radius 3 is 2.44 bits per heavy atom. The van der Waals surface area contributed by atoms with Gasteiger partial charge in [0, 0.05) is 66.9 Å². The van der Waals surface area contributed by atoms with Crippen molar-refractivity contribution in [3.63, 3.8) is 0 Å². The van der Waals surface area contributed by atoms with Crippen LogP contribution in [-0.4, -0.2) is 132 Å². The number of thiophene rings is 1. The van der Waals surface area contributed by atoms with Gasteiger partial charge in [0.25, 0.3) is 0 Å². The summed E-state index contributed by atoms with van der Waals surface area (Å²) in [6.07, 6.45) is 0.638. The molecule has 7 heterocycles. The summed E-state index contributed by atoms with van der Waals surface area (Å²) in [4.78, 5) is 37.8. The Morgan fingerprint density at radius 1 is 0.875 bits per heavy atom. The molecule has 0 aliphatic carbocycles. The van der Waals surface area contributed by atoms with E-state index in [-0.39, 0.29) is 31.6 Å². The summed E-state index contributed by atoms with van der Waals surface area (Å²) in [5, 5.41) is 12.0. The Kier molecular flexibility index (Phi) is 15.0. The smallest absolute Gasteiger partial charge is 0.345 e. The van der Waals surface area contributed by atoms with E-state index < -0.39 is 24.0 Å². The Bertz CT molecular complexity index is 3070. The Balaban J connectivity index is 1.02. The van der Waals surface area contributed by atoms with Gasteiger partial charge in [0.2, 0.25) is 12.0 Å². The average Bonchev–Trinajstić information content (AvgIpc) is 3.78. The molecule has 72 heavy (non-hydrogen) atoms. The largest absolute Gasteiger partial charge is 0.491 e. The van der Waals surface area contributed by atoms with E-state index in [1.54, 1.807) is 42.6 Å². The summed E-state index contributed by atoms with van der Waals surface area (Å²) in [5.41, 5.74) is 5.04. The van der Waals surface area contributed by atoms with Gasteiger partial charge in [-0.3, -0.25) is 4.90 Å². The van der Waals surface area contributed by atoms with Gasteiger partial charge in [-0.15, -0.1) is 11.3 Å². The van der Waals surface area contributed by atoms with Crippen molar-refractivity contribution in [2.75, 3.05) is 72.8 Å². The summed E-state index contributed by atoms with van der Waals surface area (Å²) >= 11 is 16.0. The number of fused-ring (bicyclic) bond motifs is 7. The Morgan fingerprint density at radius 2 is 1.68 bits per heavy atom. The van der Waals surface area contributed by atoms with Gasteiger partial charge in [0.1, 0.15) is 66.3 Å². The number of halogens is 3. The van der Waals surface area contributed by atoms with Crippen molar-refractivity contribution in [1.82, 2.24) is 29.7 Å². The van der Waals surface area contributed by atoms with E-state index in [1.165, 1.54) is 29.8 Å². The molecule has 11 rings (SSSR count). The quantitative estimate of drug-likeness (QED) is 0.130. The lowest BCUT2D eigenvalue weighted by atomic mass is 9.92. The SMILES string of the molecule is Cc1c(Cl)c2c(Cl)c(C)c1-c1c(-c3ccc(F)cc3)sc3ncnc(c13)O[C@@H](C(=O)O)Cc1cc(ccc1OCc1ccnc(-c3cccc(OC[C@H]4COCCO4)c3)n1)OC[C@@H](CN1CCN(C)CC1)O2. The third kappa shape index (κ3) is 10.9. The molecule has 19 heteroatoms. The van der Waals surface area contributed by atoms with E-state index in [9.17, 15) is 14.3 Å². The van der Waals surface area contributed by atoms with Gasteiger partial charge in [-0.25, -0.2) is 29.1 Å². The zero-order chi connectivity index (χ0) is 49.9. The van der Waals surface area contributed by atoms with Crippen molar-refractivity contribution >= 4 is 50.7 Å². The molecule has 2 saturated heterocycles. The lowest BCUT2D eigenvalue weighted by Gasteiger charge is -2.35. The summed E-state index contributed by atoms with van der Waals surface area (Å²) in [7, 11) is 2.10. The summed E-state index contributed by atoms with van der Waals surface area (Å²) in [6, 6.07) is 20.6. The molecule has 3 aromatic heterocycles. The number of hydrogen-bond donors (Lipinski definition) is 1. The van der Waals surface area contributed by atoms with Crippen LogP contribution in [0.3, 0.4) is 0 Å². The van der Waals surface area contributed by atoms with Crippen LogP contribution >= 0.6 is 34.5 Å². The van der Waals surface area contributed by atoms with Gasteiger partial charge in [-0.05, 0) is 91.7 Å². The fourth-order valence-electron chi connectivity index (χ4n) is 9.03. The molecule has 4 bridgehead atoms. The number of carboxylic acid groups (broad SMARTS) is 1. The van der Waals surface area contributed by atoms with Crippen LogP contribution in [0.1, 0.15) is 22.4 Å². The van der Waals surface area contributed by atoms with Gasteiger partial charge in [-0.1, -0.05) is 47.5 Å². The molecule has 1 N–H and O–H groups in total. The highest BCUT2D eigenvalue weighted by Gasteiger charge is 2.32. The fraction of sp³-hybridized carbons (Fsp3) is 0.340. The lowest BCUT2D eigenvalue weighted by Crippen LogP contribution is -2.49. The summed E-state index contributed by atoms with van der Waals surface area (Å²) < 4.78 is 58.1. The summed E-state index contributed by atoms with van der Waals surface area (Å²) in [6.45, 7) is 9.73. The van der Waals surface area contributed by atoms with Gasteiger partial charge in [0.15, 0.2) is 11.6 Å². The number of benzene rings is 4. The highest BCUT2D eigenvalue weighted by Crippen LogP contribution is 2.53. The van der Waals surface area contributed by atoms with Crippen molar-refractivity contribution in [1.29, 1.82) is 0 Å². The second-order valence-corrected chi connectivity index (χ2v) is 19.6. The predicted octanol–water partition coefficient (Wildman–Crippen LogP) is 9.38. The molecule has 15 nitrogen and oxygen atoms in total. The number of hydrogen-bond acceptors (Lipinski definition) is 15. The maximum atomic E-state index is 14.4. The molecule has 0 unspecified atom stereocenters. The molecular weight excluding hydrogens is 987 g/mol. The maximum absolute atomic E-state index is 14.4. The van der Waals surface area contributed by atoms with Gasteiger partial charge >= 0.3 is 5.97 Å². The molecule has 0 amide bonds. The molecule has 0 spiro atoms. The molecule has 4 aromatic carbocycles. The van der Waals surface area contributed by atoms with E-state index in [4.69, 9.17) is 61.3 Å². The van der Waals surface area contributed by atoms with E-state index >= 15 is 0 Å². The minimum atomic E-state index is -1.49. The van der Waals surface area contributed by atoms with Crippen LogP contribution in [0.5, 0.6) is 28.9 Å². The van der Waals surface area contributed by atoms with Gasteiger partial charge in [0.05, 0.1) is 40.9 Å². The third-order valence-corrected chi connectivity index (χ3v) is 14.9. The molecule has 0 saturated carbocycles. The number of likely N-dealkylation sites (N-methyl/N-ethyl adjacent to an activating group) is 1. The highest BCUT2D eigenvalue weighted by atomic mass is 35.5. The maximum Gasteiger partial charge on any atom is 0.345 e. The summed E-state index contributed by atoms with van der Waals surface area (Å²) in [5.74, 6) is 0.613. The number of piperazine rings is 1. The number of aliphatic carboxylic acids is 1. The average molecular weight is 1040 g/mol. The second-order valence-electron chi connectivity index (χ2n) is 17.9. The molecule has 4 aliphatic rings. The van der Waals surface area contributed by atoms with Crippen LogP contribution in [0, 0.1) is 19.7 Å². The minimum absolute atomic E-state index is 0.0177. The number of carbonyl (C=O) groups is 1. The first-order chi connectivity index (χ1) is 34.9. The van der Waals surface area contributed by atoms with Crippen LogP contribution in [0.4, 0.5) is 4.39 Å². The van der Waals surface area contributed by atoms with Gasteiger partial charge in [-0.2, -0.15) is 0 Å². The fourth-order valence-corrected chi connectivity index (χ4v) is 10.7. The van der Waals surface area contributed by atoms with Crippen LogP contribution in [0.15, 0.2) is 85.3 Å². The second kappa shape index (κ2) is 21.9. The predicted molar refractivity (Wildman–Crippen MR) is 272 cm³/mol. The monoisotopic (exact) mass is 1040 g/mol. The molecule has 2 fully saturated rings. The van der Waals surface area contributed by atoms with Crippen molar-refractivity contribution in [3.8, 4) is 61.8 Å². The van der Waals surface area contributed by atoms with Gasteiger partial charge < -0.3 is 43.2 Å². The Labute approximate surface area is 429 Å². The van der Waals surface area contributed by atoms with Crippen LogP contribution in [0.25, 0.3) is 43.2 Å². The van der Waals surface area contributed by atoms with Crippen LogP contribution in [-0.2, 0) is 27.3 Å². The minimum Gasteiger partial charge on any atom is -0.491 e. The number of ether oxygens (including phenoxy) is 7. The number of aromatic nitrogens is 4. The first-order valence-electron chi connectivity index (χ1n) is 23.6. The van der Waals surface area contributed by atoms with E-state index in [2.05, 4.69) is 31.8 Å². The van der Waals surface area contributed by atoms with Crippen molar-refractivity contribution in [2.45, 2.75) is 45.2 Å². The lowest BCUT2D eigenvalue weighted by molar-refractivity contribution is -0.145. The van der Waals surface area contributed by atoms with E-state index in [0.29, 0.717) is 126 Å². The van der Waals surface area contributed by atoms with Crippen LogP contribution < -0.4 is 23.7 Å². The standard InChI is InChI=1S/C53H51Cl2FN6O9S/c1-30-43-31(2)47(55)48(46(30)54)70-39(24-62-17-15-61(3)16-18-62)27-67-38-11-12-41(69-25-36-13-14-57-50(60-36)33-5-4-6-37(21-33)68-28-40-26-65-19-20-66-40)34(22-38)23-42(53(63)64)71-51-45-44(43)49(72-52(45)59-29-58-51)32-7-9-35(56)10-8-32/h4-14,21-22,29,39-40,42H,15-20,23-28H2,1-3H3,(H,63,64)/t39-,40-,42-/m1/s1. The van der Waals surface area contributed by atoms with Crippen molar-refractivity contribution in [2.24, 2.45) is 0 Å². The molecule has 4 aliphatic heterocycles. The highest BCUT2D eigenvalue weighted by molar-refractivity contribution is 7.22. The normalized spacial score (nSPS) is 18.7. The molecule has 7 aromatic rings. The first-order valence-corrected chi connectivity index (χ1v) is 25.1. The number of carboxylic acids is 1.